The molecule has 0 aliphatic carbocycles. The van der Waals surface area contributed by atoms with Crippen LogP contribution in [-0.2, 0) is 11.3 Å². The van der Waals surface area contributed by atoms with Crippen molar-refractivity contribution in [2.45, 2.75) is 37.9 Å². The summed E-state index contributed by atoms with van der Waals surface area (Å²) < 4.78 is 13.1. The Morgan fingerprint density at radius 2 is 2.00 bits per heavy atom. The smallest absolute Gasteiger partial charge is 0.221 e. The first kappa shape index (κ1) is 14.4. The molecule has 2 aromatic rings. The largest absolute Gasteiger partial charge is 0.354 e. The van der Waals surface area contributed by atoms with E-state index < -0.39 is 0 Å². The minimum atomic E-state index is -0.245. The van der Waals surface area contributed by atoms with Crippen molar-refractivity contribution in [3.8, 4) is 11.3 Å². The lowest BCUT2D eigenvalue weighted by Crippen LogP contribution is -2.37. The number of amides is 1. The number of aromatic amines is 1. The maximum atomic E-state index is 13.1. The van der Waals surface area contributed by atoms with Crippen molar-refractivity contribution in [1.82, 2.24) is 20.4 Å². The van der Waals surface area contributed by atoms with Crippen molar-refractivity contribution in [3.05, 3.63) is 41.8 Å². The van der Waals surface area contributed by atoms with E-state index in [0.29, 0.717) is 18.5 Å². The molecule has 2 atom stereocenters. The molecule has 1 amide bonds. The summed E-state index contributed by atoms with van der Waals surface area (Å²) in [5.41, 5.74) is 2.94. The zero-order chi connectivity index (χ0) is 15.8. The number of halogens is 1. The predicted molar refractivity (Wildman–Crippen MR) is 84.0 cm³/mol. The molecule has 2 N–H and O–H groups in total. The van der Waals surface area contributed by atoms with Gasteiger partial charge in [-0.25, -0.2) is 4.39 Å². The molecule has 0 radical (unpaired) electrons. The molecular weight excluding hydrogens is 295 g/mol. The Bertz CT molecular complexity index is 712. The topological polar surface area (TPSA) is 61.0 Å². The minimum Gasteiger partial charge on any atom is -0.354 e. The second-order valence-corrected chi connectivity index (χ2v) is 6.34. The molecule has 0 saturated carbocycles. The summed E-state index contributed by atoms with van der Waals surface area (Å²) >= 11 is 0. The number of hydrogen-bond donors (Lipinski definition) is 2. The van der Waals surface area contributed by atoms with E-state index in [1.807, 2.05) is 6.20 Å². The predicted octanol–water partition coefficient (Wildman–Crippen LogP) is 2.07. The van der Waals surface area contributed by atoms with Crippen LogP contribution in [0.1, 0.15) is 24.8 Å². The van der Waals surface area contributed by atoms with Crippen LogP contribution < -0.4 is 5.32 Å². The Kier molecular flexibility index (Phi) is 3.61. The molecule has 6 heteroatoms. The standard InChI is InChI=1S/C17H19FN4O/c18-13-3-1-11(2-4-13)17-12(8-20-21-17)10-22-14-5-6-15(22)9-19-16(23)7-14/h1-4,8,14-15H,5-7,9-10H2,(H,19,23)(H,20,21)/t14-,15+/m1/s1. The van der Waals surface area contributed by atoms with Crippen LogP contribution >= 0.6 is 0 Å². The van der Waals surface area contributed by atoms with Crippen LogP contribution in [0.3, 0.4) is 0 Å². The van der Waals surface area contributed by atoms with Gasteiger partial charge < -0.3 is 5.32 Å². The molecule has 2 aliphatic rings. The van der Waals surface area contributed by atoms with Gasteiger partial charge in [0.05, 0.1) is 11.9 Å². The van der Waals surface area contributed by atoms with Crippen molar-refractivity contribution >= 4 is 5.91 Å². The van der Waals surface area contributed by atoms with E-state index >= 15 is 0 Å². The SMILES string of the molecule is O=C1C[C@H]2CC[C@@H](CN1)N2Cc1cn[nH]c1-c1ccc(F)cc1. The van der Waals surface area contributed by atoms with Gasteiger partial charge in [0.15, 0.2) is 0 Å². The molecular formula is C17H19FN4O. The van der Waals surface area contributed by atoms with E-state index in [9.17, 15) is 9.18 Å². The molecule has 0 spiro atoms. The van der Waals surface area contributed by atoms with E-state index in [1.54, 1.807) is 12.1 Å². The zero-order valence-electron chi connectivity index (χ0n) is 12.8. The first-order valence-corrected chi connectivity index (χ1v) is 8.01. The van der Waals surface area contributed by atoms with Crippen LogP contribution in [0.4, 0.5) is 4.39 Å². The molecule has 120 valence electrons. The summed E-state index contributed by atoms with van der Waals surface area (Å²) in [7, 11) is 0. The Morgan fingerprint density at radius 3 is 2.83 bits per heavy atom. The van der Waals surface area contributed by atoms with Crippen LogP contribution in [0.15, 0.2) is 30.5 Å². The summed E-state index contributed by atoms with van der Waals surface area (Å²) in [6, 6.07) is 7.13. The number of rotatable bonds is 3. The lowest BCUT2D eigenvalue weighted by Gasteiger charge is -2.26. The van der Waals surface area contributed by atoms with Crippen molar-refractivity contribution in [3.63, 3.8) is 0 Å². The fraction of sp³-hybridized carbons (Fsp3) is 0.412. The molecule has 23 heavy (non-hydrogen) atoms. The third kappa shape index (κ3) is 2.74. The van der Waals surface area contributed by atoms with Gasteiger partial charge in [-0.3, -0.25) is 14.8 Å². The summed E-state index contributed by atoms with van der Waals surface area (Å²) in [4.78, 5) is 14.2. The van der Waals surface area contributed by atoms with Gasteiger partial charge in [-0.15, -0.1) is 0 Å². The fourth-order valence-electron chi connectivity index (χ4n) is 3.72. The van der Waals surface area contributed by atoms with E-state index in [-0.39, 0.29) is 11.7 Å². The minimum absolute atomic E-state index is 0.146. The molecule has 1 aromatic heterocycles. The number of carbonyl (C=O) groups excluding carboxylic acids is 1. The van der Waals surface area contributed by atoms with Gasteiger partial charge >= 0.3 is 0 Å². The lowest BCUT2D eigenvalue weighted by atomic mass is 10.1. The van der Waals surface area contributed by atoms with Gasteiger partial charge in [0.2, 0.25) is 5.91 Å². The number of aromatic nitrogens is 2. The highest BCUT2D eigenvalue weighted by atomic mass is 19.1. The molecule has 1 aromatic carbocycles. The quantitative estimate of drug-likeness (QED) is 0.912. The average molecular weight is 314 g/mol. The fourth-order valence-corrected chi connectivity index (χ4v) is 3.72. The molecule has 2 aliphatic heterocycles. The third-order valence-corrected chi connectivity index (χ3v) is 4.93. The molecule has 3 heterocycles. The molecule has 4 rings (SSSR count). The Morgan fingerprint density at radius 1 is 1.22 bits per heavy atom. The number of H-pyrrole nitrogens is 1. The van der Waals surface area contributed by atoms with E-state index in [2.05, 4.69) is 20.4 Å². The second kappa shape index (κ2) is 5.77. The summed E-state index contributed by atoms with van der Waals surface area (Å²) in [6.45, 7) is 1.48. The normalized spacial score (nSPS) is 24.5. The van der Waals surface area contributed by atoms with Crippen molar-refractivity contribution in [1.29, 1.82) is 0 Å². The molecule has 5 nitrogen and oxygen atoms in total. The Balaban J connectivity index is 1.59. The van der Waals surface area contributed by atoms with Crippen molar-refractivity contribution in [2.75, 3.05) is 6.54 Å². The van der Waals surface area contributed by atoms with Gasteiger partial charge in [0.1, 0.15) is 5.82 Å². The summed E-state index contributed by atoms with van der Waals surface area (Å²) in [6.07, 6.45) is 4.59. The number of nitrogens with one attached hydrogen (secondary N) is 2. The van der Waals surface area contributed by atoms with Crippen LogP contribution in [0.5, 0.6) is 0 Å². The van der Waals surface area contributed by atoms with E-state index in [0.717, 1.165) is 42.8 Å². The molecule has 2 saturated heterocycles. The molecule has 2 bridgehead atoms. The lowest BCUT2D eigenvalue weighted by molar-refractivity contribution is -0.121. The Labute approximate surface area is 133 Å². The summed E-state index contributed by atoms with van der Waals surface area (Å²) in [5.74, 6) is -0.0990. The van der Waals surface area contributed by atoms with E-state index in [4.69, 9.17) is 0 Å². The number of carbonyl (C=O) groups is 1. The highest BCUT2D eigenvalue weighted by Gasteiger charge is 2.37. The number of fused-ring (bicyclic) bond motifs is 2. The highest BCUT2D eigenvalue weighted by Crippen LogP contribution is 2.32. The van der Waals surface area contributed by atoms with Crippen molar-refractivity contribution in [2.24, 2.45) is 0 Å². The zero-order valence-corrected chi connectivity index (χ0v) is 12.8. The maximum Gasteiger partial charge on any atom is 0.221 e. The maximum absolute atomic E-state index is 13.1. The first-order chi connectivity index (χ1) is 11.2. The van der Waals surface area contributed by atoms with Crippen LogP contribution in [-0.4, -0.2) is 39.6 Å². The van der Waals surface area contributed by atoms with Crippen molar-refractivity contribution < 1.29 is 9.18 Å². The van der Waals surface area contributed by atoms with Crippen LogP contribution in [0.2, 0.25) is 0 Å². The number of hydrogen-bond acceptors (Lipinski definition) is 3. The number of nitrogens with zero attached hydrogens (tertiary/aromatic N) is 2. The third-order valence-electron chi connectivity index (χ3n) is 4.93. The molecule has 2 fully saturated rings. The molecule has 0 unspecified atom stereocenters. The van der Waals surface area contributed by atoms with E-state index in [1.165, 1.54) is 12.1 Å². The monoisotopic (exact) mass is 314 g/mol. The van der Waals surface area contributed by atoms with Gasteiger partial charge in [0, 0.05) is 42.7 Å². The number of benzene rings is 1. The van der Waals surface area contributed by atoms with Gasteiger partial charge in [-0.2, -0.15) is 5.10 Å². The second-order valence-electron chi connectivity index (χ2n) is 6.34. The first-order valence-electron chi connectivity index (χ1n) is 8.01. The van der Waals surface area contributed by atoms with Gasteiger partial charge in [0.25, 0.3) is 0 Å². The average Bonchev–Trinajstić information content (AvgIpc) is 3.10. The van der Waals surface area contributed by atoms with Gasteiger partial charge in [-0.05, 0) is 37.1 Å². The van der Waals surface area contributed by atoms with Gasteiger partial charge in [-0.1, -0.05) is 0 Å². The van der Waals surface area contributed by atoms with Crippen LogP contribution in [0.25, 0.3) is 11.3 Å². The van der Waals surface area contributed by atoms with Crippen LogP contribution in [0, 0.1) is 5.82 Å². The Hall–Kier alpha value is -2.21. The summed E-state index contributed by atoms with van der Waals surface area (Å²) in [5, 5.41) is 10.2. The highest BCUT2D eigenvalue weighted by molar-refractivity contribution is 5.77.